The number of carbonyl (C=O) groups excluding carboxylic acids is 1. The van der Waals surface area contributed by atoms with Crippen LogP contribution in [0.3, 0.4) is 0 Å². The molecule has 1 amide bonds. The highest BCUT2D eigenvalue weighted by Gasteiger charge is 2.25. The zero-order chi connectivity index (χ0) is 18.6. The molecule has 0 radical (unpaired) electrons. The molecule has 0 fully saturated rings. The molecule has 1 aliphatic rings. The molecule has 3 aromatic rings. The Morgan fingerprint density at radius 1 is 1.23 bits per heavy atom. The van der Waals surface area contributed by atoms with Crippen molar-refractivity contribution < 1.29 is 4.79 Å². The Balaban J connectivity index is 1.87. The number of aryl methyl sites for hydroxylation is 2. The summed E-state index contributed by atoms with van der Waals surface area (Å²) in [6.07, 6.45) is 2.57. The average Bonchev–Trinajstić information content (AvgIpc) is 2.89. The maximum absolute atomic E-state index is 13.0. The summed E-state index contributed by atoms with van der Waals surface area (Å²) in [6, 6.07) is 9.92. The minimum atomic E-state index is -0.362. The number of nitrogens with one attached hydrogen (secondary N) is 1. The van der Waals surface area contributed by atoms with Gasteiger partial charge in [-0.2, -0.15) is 0 Å². The van der Waals surface area contributed by atoms with Gasteiger partial charge in [0.1, 0.15) is 5.56 Å². The number of aromatic nitrogens is 1. The summed E-state index contributed by atoms with van der Waals surface area (Å²) in [5, 5.41) is 3.52. The number of hydrogen-bond acceptors (Lipinski definition) is 2. The Morgan fingerprint density at radius 2 is 1.92 bits per heavy atom. The molecule has 0 saturated carbocycles. The molecule has 0 aliphatic carbocycles. The molecule has 26 heavy (non-hydrogen) atoms. The lowest BCUT2D eigenvalue weighted by molar-refractivity contribution is 0.102. The molecule has 0 spiro atoms. The van der Waals surface area contributed by atoms with Crippen molar-refractivity contribution in [2.75, 3.05) is 5.32 Å². The quantitative estimate of drug-likeness (QED) is 0.662. The number of hydrogen-bond donors (Lipinski definition) is 1. The largest absolute Gasteiger partial charge is 0.343 e. The molecule has 4 rings (SSSR count). The fraction of sp³-hybridized carbons (Fsp3) is 0.238. The zero-order valence-corrected chi connectivity index (χ0v) is 16.5. The van der Waals surface area contributed by atoms with E-state index in [9.17, 15) is 9.59 Å². The van der Waals surface area contributed by atoms with Crippen LogP contribution in [-0.4, -0.2) is 10.5 Å². The van der Waals surface area contributed by atoms with Crippen molar-refractivity contribution in [3.8, 4) is 0 Å². The first kappa shape index (κ1) is 17.0. The number of pyridine rings is 1. The van der Waals surface area contributed by atoms with Crippen LogP contribution in [-0.2, 0) is 6.42 Å². The van der Waals surface area contributed by atoms with Crippen LogP contribution in [0.4, 0.5) is 5.69 Å². The van der Waals surface area contributed by atoms with Crippen molar-refractivity contribution in [2.45, 2.75) is 33.2 Å². The number of benzene rings is 2. The third kappa shape index (κ3) is 2.58. The molecule has 1 aliphatic heterocycles. The van der Waals surface area contributed by atoms with E-state index in [0.29, 0.717) is 5.39 Å². The van der Waals surface area contributed by atoms with E-state index in [1.54, 1.807) is 6.20 Å². The molecule has 1 N–H and O–H groups in total. The maximum Gasteiger partial charge on any atom is 0.261 e. The number of anilines is 1. The Morgan fingerprint density at radius 3 is 2.62 bits per heavy atom. The van der Waals surface area contributed by atoms with Crippen molar-refractivity contribution in [3.63, 3.8) is 0 Å². The number of para-hydroxylation sites is 1. The Bertz CT molecular complexity index is 1110. The predicted octanol–water partition coefficient (Wildman–Crippen LogP) is 4.75. The summed E-state index contributed by atoms with van der Waals surface area (Å²) in [5.74, 6) is -0.362. The number of nitrogens with zero attached hydrogens (tertiary/aromatic N) is 1. The van der Waals surface area contributed by atoms with Gasteiger partial charge in [0.05, 0.1) is 5.52 Å². The molecular formula is C21H19BrN2O2. The maximum atomic E-state index is 13.0. The van der Waals surface area contributed by atoms with Crippen molar-refractivity contribution in [1.29, 1.82) is 0 Å². The van der Waals surface area contributed by atoms with E-state index in [4.69, 9.17) is 0 Å². The third-order valence-electron chi connectivity index (χ3n) is 5.12. The van der Waals surface area contributed by atoms with E-state index in [2.05, 4.69) is 38.8 Å². The third-order valence-corrected chi connectivity index (χ3v) is 5.58. The number of amides is 1. The molecule has 4 nitrogen and oxygen atoms in total. The van der Waals surface area contributed by atoms with Crippen molar-refractivity contribution in [3.05, 3.63) is 73.5 Å². The predicted molar refractivity (Wildman–Crippen MR) is 108 cm³/mol. The van der Waals surface area contributed by atoms with Crippen molar-refractivity contribution in [1.82, 2.24) is 4.57 Å². The molecule has 2 aromatic carbocycles. The molecule has 0 unspecified atom stereocenters. The highest BCUT2D eigenvalue weighted by molar-refractivity contribution is 9.10. The lowest BCUT2D eigenvalue weighted by Gasteiger charge is -2.14. The first-order chi connectivity index (χ1) is 12.4. The van der Waals surface area contributed by atoms with Crippen LogP contribution < -0.4 is 10.7 Å². The molecule has 132 valence electrons. The van der Waals surface area contributed by atoms with Gasteiger partial charge >= 0.3 is 0 Å². The van der Waals surface area contributed by atoms with E-state index in [0.717, 1.165) is 38.8 Å². The van der Waals surface area contributed by atoms with E-state index < -0.39 is 0 Å². The van der Waals surface area contributed by atoms with Gasteiger partial charge in [0.15, 0.2) is 0 Å². The number of rotatable bonds is 2. The molecule has 0 saturated heterocycles. The monoisotopic (exact) mass is 410 g/mol. The highest BCUT2D eigenvalue weighted by Crippen LogP contribution is 2.33. The second-order valence-electron chi connectivity index (χ2n) is 7.01. The molecule has 0 bridgehead atoms. The molecule has 1 atom stereocenters. The van der Waals surface area contributed by atoms with Crippen LogP contribution in [0, 0.1) is 13.8 Å². The fourth-order valence-electron chi connectivity index (χ4n) is 3.82. The van der Waals surface area contributed by atoms with Gasteiger partial charge in [0, 0.05) is 27.8 Å². The van der Waals surface area contributed by atoms with Crippen LogP contribution in [0.15, 0.2) is 45.8 Å². The summed E-state index contributed by atoms with van der Waals surface area (Å²) in [6.45, 7) is 5.99. The van der Waals surface area contributed by atoms with Gasteiger partial charge in [-0.05, 0) is 56.0 Å². The first-order valence-electron chi connectivity index (χ1n) is 8.61. The van der Waals surface area contributed by atoms with Gasteiger partial charge in [-0.1, -0.05) is 34.1 Å². The summed E-state index contributed by atoms with van der Waals surface area (Å²) < 4.78 is 2.92. The van der Waals surface area contributed by atoms with Gasteiger partial charge in [0.2, 0.25) is 5.43 Å². The zero-order valence-electron chi connectivity index (χ0n) is 14.9. The Labute approximate surface area is 160 Å². The lowest BCUT2D eigenvalue weighted by Crippen LogP contribution is -2.24. The van der Waals surface area contributed by atoms with E-state index >= 15 is 0 Å². The minimum absolute atomic E-state index is 0.179. The second-order valence-corrected chi connectivity index (χ2v) is 7.93. The van der Waals surface area contributed by atoms with Gasteiger partial charge in [-0.15, -0.1) is 0 Å². The standard InChI is InChI=1S/C21H19BrN2O2/c1-11-5-4-6-12(2)18(11)23-21(26)17-10-24-13(3)7-14-8-15(22)9-16(19(14)24)20(17)25/h4-6,8-10,13H,7H2,1-3H3,(H,23,26)/t13-/m1/s1. The van der Waals surface area contributed by atoms with Gasteiger partial charge in [-0.3, -0.25) is 9.59 Å². The summed E-state index contributed by atoms with van der Waals surface area (Å²) in [4.78, 5) is 25.9. The summed E-state index contributed by atoms with van der Waals surface area (Å²) in [5.41, 5.74) is 4.75. The highest BCUT2D eigenvalue weighted by atomic mass is 79.9. The topological polar surface area (TPSA) is 51.1 Å². The van der Waals surface area contributed by atoms with Crippen molar-refractivity contribution >= 4 is 38.4 Å². The number of carbonyl (C=O) groups is 1. The smallest absolute Gasteiger partial charge is 0.261 e. The van der Waals surface area contributed by atoms with Crippen LogP contribution in [0.5, 0.6) is 0 Å². The number of halogens is 1. The average molecular weight is 411 g/mol. The van der Waals surface area contributed by atoms with Crippen LogP contribution in [0.25, 0.3) is 10.9 Å². The molecule has 2 heterocycles. The van der Waals surface area contributed by atoms with E-state index in [-0.39, 0.29) is 22.9 Å². The molecule has 1 aromatic heterocycles. The Kier molecular flexibility index (Phi) is 3.99. The van der Waals surface area contributed by atoms with Gasteiger partial charge in [0.25, 0.3) is 5.91 Å². The molecule has 5 heteroatoms. The van der Waals surface area contributed by atoms with Gasteiger partial charge < -0.3 is 9.88 Å². The summed E-state index contributed by atoms with van der Waals surface area (Å²) >= 11 is 3.49. The SMILES string of the molecule is Cc1cccc(C)c1NC(=O)c1cn2c3c(cc(Br)cc3c1=O)C[C@H]2C. The van der Waals surface area contributed by atoms with Crippen LogP contribution in [0.1, 0.15) is 40.0 Å². The second kappa shape index (κ2) is 6.09. The van der Waals surface area contributed by atoms with Crippen LogP contribution >= 0.6 is 15.9 Å². The minimum Gasteiger partial charge on any atom is -0.343 e. The first-order valence-corrected chi connectivity index (χ1v) is 9.41. The molecular weight excluding hydrogens is 392 g/mol. The fourth-order valence-corrected chi connectivity index (χ4v) is 4.32. The van der Waals surface area contributed by atoms with Crippen LogP contribution in [0.2, 0.25) is 0 Å². The van der Waals surface area contributed by atoms with Crippen molar-refractivity contribution in [2.24, 2.45) is 0 Å². The summed E-state index contributed by atoms with van der Waals surface area (Å²) in [7, 11) is 0. The Hall–Kier alpha value is -2.40. The van der Waals surface area contributed by atoms with E-state index in [1.165, 1.54) is 0 Å². The van der Waals surface area contributed by atoms with E-state index in [1.807, 2.05) is 38.1 Å². The normalized spacial score (nSPS) is 15.5. The lowest BCUT2D eigenvalue weighted by atomic mass is 10.1. The van der Waals surface area contributed by atoms with Gasteiger partial charge in [-0.25, -0.2) is 0 Å².